The standard InChI is InChI=1S/C29H28BrN3O5/c1-3-5-9-27-32-24-12-11-22(30)16-23(24)28(34)33(27)31-17-19-10-13-25(26(15-19)37-4-2)38-18-20-7-6-8-21(14-20)29(35)36/h6-8,10-17H,3-5,9,18H2,1-2H3,(H,35,36). The van der Waals surface area contributed by atoms with Crippen molar-refractivity contribution in [3.8, 4) is 11.5 Å². The van der Waals surface area contributed by atoms with E-state index in [9.17, 15) is 14.7 Å². The van der Waals surface area contributed by atoms with Gasteiger partial charge in [0.05, 0.1) is 29.3 Å². The summed E-state index contributed by atoms with van der Waals surface area (Å²) in [5.41, 5.74) is 2.06. The molecule has 0 atom stereocenters. The first-order chi connectivity index (χ1) is 18.4. The number of fused-ring (bicyclic) bond motifs is 1. The predicted octanol–water partition coefficient (Wildman–Crippen LogP) is 6.06. The van der Waals surface area contributed by atoms with Gasteiger partial charge in [-0.05, 0) is 73.0 Å². The summed E-state index contributed by atoms with van der Waals surface area (Å²) in [4.78, 5) is 29.2. The molecule has 8 nitrogen and oxygen atoms in total. The van der Waals surface area contributed by atoms with Gasteiger partial charge in [0.25, 0.3) is 5.56 Å². The molecule has 0 fully saturated rings. The average Bonchev–Trinajstić information content (AvgIpc) is 2.91. The first kappa shape index (κ1) is 27.1. The Morgan fingerprint density at radius 3 is 2.68 bits per heavy atom. The molecule has 9 heteroatoms. The molecular weight excluding hydrogens is 550 g/mol. The van der Waals surface area contributed by atoms with E-state index in [0.717, 1.165) is 28.4 Å². The highest BCUT2D eigenvalue weighted by molar-refractivity contribution is 9.10. The molecule has 38 heavy (non-hydrogen) atoms. The lowest BCUT2D eigenvalue weighted by Gasteiger charge is -2.13. The third kappa shape index (κ3) is 6.47. The van der Waals surface area contributed by atoms with E-state index in [4.69, 9.17) is 14.5 Å². The van der Waals surface area contributed by atoms with Crippen LogP contribution in [-0.4, -0.2) is 33.6 Å². The first-order valence-corrected chi connectivity index (χ1v) is 13.2. The lowest BCUT2D eigenvalue weighted by molar-refractivity contribution is 0.0696. The van der Waals surface area contributed by atoms with E-state index in [2.05, 4.69) is 28.0 Å². The minimum atomic E-state index is -0.989. The van der Waals surface area contributed by atoms with Crippen LogP contribution in [0.4, 0.5) is 0 Å². The highest BCUT2D eigenvalue weighted by Crippen LogP contribution is 2.29. The van der Waals surface area contributed by atoms with Gasteiger partial charge < -0.3 is 14.6 Å². The summed E-state index contributed by atoms with van der Waals surface area (Å²) in [6, 6.07) is 17.4. The van der Waals surface area contributed by atoms with Crippen LogP contribution >= 0.6 is 15.9 Å². The first-order valence-electron chi connectivity index (χ1n) is 12.4. The minimum absolute atomic E-state index is 0.184. The van der Waals surface area contributed by atoms with Crippen LogP contribution in [0.5, 0.6) is 11.5 Å². The Balaban J connectivity index is 1.62. The highest BCUT2D eigenvalue weighted by atomic mass is 79.9. The van der Waals surface area contributed by atoms with E-state index >= 15 is 0 Å². The number of hydrogen-bond acceptors (Lipinski definition) is 6. The molecule has 3 aromatic carbocycles. The number of unbranched alkanes of at least 4 members (excludes halogenated alkanes) is 1. The maximum atomic E-state index is 13.3. The number of aromatic carboxylic acids is 1. The van der Waals surface area contributed by atoms with Gasteiger partial charge in [0.15, 0.2) is 11.5 Å². The fourth-order valence-corrected chi connectivity index (χ4v) is 4.24. The molecule has 0 aliphatic carbocycles. The Bertz CT molecular complexity index is 1550. The monoisotopic (exact) mass is 577 g/mol. The zero-order valence-electron chi connectivity index (χ0n) is 21.2. The van der Waals surface area contributed by atoms with Crippen LogP contribution in [0.2, 0.25) is 0 Å². The van der Waals surface area contributed by atoms with Crippen molar-refractivity contribution in [2.24, 2.45) is 5.10 Å². The van der Waals surface area contributed by atoms with E-state index < -0.39 is 5.97 Å². The molecule has 1 N–H and O–H groups in total. The minimum Gasteiger partial charge on any atom is -0.490 e. The summed E-state index contributed by atoms with van der Waals surface area (Å²) in [7, 11) is 0. The number of rotatable bonds is 11. The second kappa shape index (κ2) is 12.5. The maximum absolute atomic E-state index is 13.3. The average molecular weight is 578 g/mol. The number of carboxylic acids is 1. The number of nitrogens with zero attached hydrogens (tertiary/aromatic N) is 3. The number of carboxylic acid groups (broad SMARTS) is 1. The molecule has 0 amide bonds. The zero-order chi connectivity index (χ0) is 27.1. The second-order valence-corrected chi connectivity index (χ2v) is 9.50. The molecule has 0 bridgehead atoms. The predicted molar refractivity (Wildman–Crippen MR) is 151 cm³/mol. The van der Waals surface area contributed by atoms with Gasteiger partial charge in [0, 0.05) is 10.9 Å². The fraction of sp³-hybridized carbons (Fsp3) is 0.241. The van der Waals surface area contributed by atoms with Gasteiger partial charge in [0.1, 0.15) is 12.4 Å². The van der Waals surface area contributed by atoms with Crippen molar-refractivity contribution < 1.29 is 19.4 Å². The van der Waals surface area contributed by atoms with Gasteiger partial charge in [-0.25, -0.2) is 9.78 Å². The lowest BCUT2D eigenvalue weighted by atomic mass is 10.1. The highest BCUT2D eigenvalue weighted by Gasteiger charge is 2.12. The molecule has 0 unspecified atom stereocenters. The third-order valence-corrected chi connectivity index (χ3v) is 6.28. The molecule has 196 valence electrons. The Kier molecular flexibility index (Phi) is 8.91. The van der Waals surface area contributed by atoms with Crippen molar-refractivity contribution in [1.82, 2.24) is 9.66 Å². The smallest absolute Gasteiger partial charge is 0.335 e. The van der Waals surface area contributed by atoms with Crippen LogP contribution in [0.3, 0.4) is 0 Å². The van der Waals surface area contributed by atoms with Gasteiger partial charge in [-0.15, -0.1) is 0 Å². The molecule has 0 radical (unpaired) electrons. The van der Waals surface area contributed by atoms with Gasteiger partial charge in [0.2, 0.25) is 0 Å². The molecule has 1 heterocycles. The van der Waals surface area contributed by atoms with Crippen molar-refractivity contribution in [2.45, 2.75) is 39.7 Å². The molecule has 1 aromatic heterocycles. The van der Waals surface area contributed by atoms with Crippen molar-refractivity contribution in [2.75, 3.05) is 6.61 Å². The van der Waals surface area contributed by atoms with Gasteiger partial charge in [-0.3, -0.25) is 4.79 Å². The van der Waals surface area contributed by atoms with Gasteiger partial charge in [-0.1, -0.05) is 41.4 Å². The van der Waals surface area contributed by atoms with Crippen LogP contribution in [0.25, 0.3) is 10.9 Å². The van der Waals surface area contributed by atoms with Crippen LogP contribution in [0.15, 0.2) is 75.0 Å². The Labute approximate surface area is 228 Å². The molecule has 4 rings (SSSR count). The maximum Gasteiger partial charge on any atom is 0.335 e. The molecule has 0 saturated carbocycles. The fourth-order valence-electron chi connectivity index (χ4n) is 3.88. The van der Waals surface area contributed by atoms with E-state index in [1.54, 1.807) is 42.6 Å². The lowest BCUT2D eigenvalue weighted by Crippen LogP contribution is -2.22. The molecule has 0 saturated heterocycles. The van der Waals surface area contributed by atoms with Crippen molar-refractivity contribution in [3.63, 3.8) is 0 Å². The summed E-state index contributed by atoms with van der Waals surface area (Å²) in [6.07, 6.45) is 4.09. The molecular formula is C29H28BrN3O5. The quantitative estimate of drug-likeness (QED) is 0.217. The van der Waals surface area contributed by atoms with Crippen LogP contribution in [0.1, 0.15) is 54.0 Å². The zero-order valence-corrected chi connectivity index (χ0v) is 22.8. The number of aryl methyl sites for hydroxylation is 1. The molecule has 0 aliphatic rings. The Morgan fingerprint density at radius 1 is 1.08 bits per heavy atom. The van der Waals surface area contributed by atoms with Crippen LogP contribution < -0.4 is 15.0 Å². The number of halogens is 1. The van der Waals surface area contributed by atoms with Crippen LogP contribution in [0, 0.1) is 0 Å². The van der Waals surface area contributed by atoms with Gasteiger partial charge >= 0.3 is 5.97 Å². The van der Waals surface area contributed by atoms with Gasteiger partial charge in [-0.2, -0.15) is 9.78 Å². The molecule has 0 aliphatic heterocycles. The third-order valence-electron chi connectivity index (χ3n) is 5.79. The summed E-state index contributed by atoms with van der Waals surface area (Å²) in [6.45, 7) is 4.57. The number of carbonyl (C=O) groups is 1. The second-order valence-electron chi connectivity index (χ2n) is 8.59. The topological polar surface area (TPSA) is 103 Å². The number of hydrogen-bond donors (Lipinski definition) is 1. The van der Waals surface area contributed by atoms with Crippen molar-refractivity contribution in [1.29, 1.82) is 0 Å². The Hall–Kier alpha value is -3.98. The number of aromatic nitrogens is 2. The Morgan fingerprint density at radius 2 is 1.92 bits per heavy atom. The van der Waals surface area contributed by atoms with Crippen molar-refractivity contribution in [3.05, 3.63) is 98.0 Å². The number of ether oxygens (including phenoxy) is 2. The summed E-state index contributed by atoms with van der Waals surface area (Å²) in [5.74, 6) is 0.654. The van der Waals surface area contributed by atoms with E-state index in [1.807, 2.05) is 25.1 Å². The summed E-state index contributed by atoms with van der Waals surface area (Å²) < 4.78 is 13.9. The summed E-state index contributed by atoms with van der Waals surface area (Å²) in [5, 5.41) is 14.2. The molecule has 0 spiro atoms. The van der Waals surface area contributed by atoms with E-state index in [0.29, 0.717) is 41.3 Å². The van der Waals surface area contributed by atoms with Crippen LogP contribution in [-0.2, 0) is 13.0 Å². The SMILES string of the molecule is CCCCc1nc2ccc(Br)cc2c(=O)n1N=Cc1ccc(OCc2cccc(C(=O)O)c2)c(OCC)c1. The summed E-state index contributed by atoms with van der Waals surface area (Å²) >= 11 is 3.43. The number of benzene rings is 3. The van der Waals surface area contributed by atoms with Crippen molar-refractivity contribution >= 4 is 39.0 Å². The van der Waals surface area contributed by atoms with E-state index in [1.165, 1.54) is 10.7 Å². The van der Waals surface area contributed by atoms with E-state index in [-0.39, 0.29) is 17.7 Å². The molecule has 4 aromatic rings. The largest absolute Gasteiger partial charge is 0.490 e. The normalized spacial score (nSPS) is 11.2.